The van der Waals surface area contributed by atoms with Crippen LogP contribution >= 0.6 is 0 Å². The SMILES string of the molecule is CCCOC(=O)C1=C(C)NC(=O)NC1c1cccc(O)c1. The third-order valence-corrected chi connectivity index (χ3v) is 3.13. The number of urea groups is 1. The van der Waals surface area contributed by atoms with Crippen LogP contribution in [0.3, 0.4) is 0 Å². The molecule has 1 aliphatic heterocycles. The number of rotatable bonds is 4. The summed E-state index contributed by atoms with van der Waals surface area (Å²) in [5.74, 6) is -0.408. The zero-order chi connectivity index (χ0) is 15.4. The molecule has 1 heterocycles. The van der Waals surface area contributed by atoms with E-state index in [4.69, 9.17) is 4.74 Å². The second-order valence-electron chi connectivity index (χ2n) is 4.80. The fourth-order valence-electron chi connectivity index (χ4n) is 2.19. The molecule has 3 N–H and O–H groups in total. The number of esters is 1. The Morgan fingerprint density at radius 2 is 2.19 bits per heavy atom. The van der Waals surface area contributed by atoms with E-state index in [-0.39, 0.29) is 5.75 Å². The van der Waals surface area contributed by atoms with Gasteiger partial charge in [-0.1, -0.05) is 19.1 Å². The van der Waals surface area contributed by atoms with Crippen LogP contribution in [0, 0.1) is 0 Å². The van der Waals surface area contributed by atoms with Gasteiger partial charge in [-0.2, -0.15) is 0 Å². The summed E-state index contributed by atoms with van der Waals surface area (Å²) in [6.45, 7) is 3.87. The zero-order valence-electron chi connectivity index (χ0n) is 12.0. The number of nitrogens with one attached hydrogen (secondary N) is 2. The molecule has 1 aromatic rings. The van der Waals surface area contributed by atoms with Gasteiger partial charge < -0.3 is 20.5 Å². The van der Waals surface area contributed by atoms with Gasteiger partial charge in [0.1, 0.15) is 5.75 Å². The topological polar surface area (TPSA) is 87.7 Å². The lowest BCUT2D eigenvalue weighted by molar-refractivity contribution is -0.139. The van der Waals surface area contributed by atoms with Gasteiger partial charge >= 0.3 is 12.0 Å². The molecular weight excluding hydrogens is 272 g/mol. The summed E-state index contributed by atoms with van der Waals surface area (Å²) >= 11 is 0. The van der Waals surface area contributed by atoms with Gasteiger partial charge in [-0.05, 0) is 31.0 Å². The number of phenolic OH excluding ortho intramolecular Hbond substituents is 1. The van der Waals surface area contributed by atoms with Crippen molar-refractivity contribution >= 4 is 12.0 Å². The molecular formula is C15H18N2O4. The average molecular weight is 290 g/mol. The first-order valence-electron chi connectivity index (χ1n) is 6.77. The lowest BCUT2D eigenvalue weighted by Gasteiger charge is -2.28. The molecule has 0 aliphatic carbocycles. The van der Waals surface area contributed by atoms with E-state index in [1.54, 1.807) is 19.1 Å². The maximum atomic E-state index is 12.2. The van der Waals surface area contributed by atoms with Crippen LogP contribution in [-0.2, 0) is 9.53 Å². The van der Waals surface area contributed by atoms with Crippen molar-refractivity contribution in [1.29, 1.82) is 0 Å². The minimum Gasteiger partial charge on any atom is -0.508 e. The molecule has 0 spiro atoms. The Bertz CT molecular complexity index is 595. The molecule has 0 saturated heterocycles. The third-order valence-electron chi connectivity index (χ3n) is 3.13. The molecule has 1 unspecified atom stereocenters. The maximum Gasteiger partial charge on any atom is 0.338 e. The van der Waals surface area contributed by atoms with Crippen LogP contribution in [0.25, 0.3) is 0 Å². The Hall–Kier alpha value is -2.50. The number of carbonyl (C=O) groups excluding carboxylic acids is 2. The molecule has 0 radical (unpaired) electrons. The molecule has 21 heavy (non-hydrogen) atoms. The second-order valence-corrected chi connectivity index (χ2v) is 4.80. The van der Waals surface area contributed by atoms with Gasteiger partial charge in [0.15, 0.2) is 0 Å². The van der Waals surface area contributed by atoms with Crippen LogP contribution in [0.15, 0.2) is 35.5 Å². The molecule has 2 amide bonds. The van der Waals surface area contributed by atoms with E-state index in [0.717, 1.165) is 0 Å². The first-order valence-corrected chi connectivity index (χ1v) is 6.77. The Balaban J connectivity index is 2.38. The zero-order valence-corrected chi connectivity index (χ0v) is 12.0. The normalized spacial score (nSPS) is 18.0. The van der Waals surface area contributed by atoms with Gasteiger partial charge in [-0.15, -0.1) is 0 Å². The molecule has 112 valence electrons. The first kappa shape index (κ1) is 14.9. The number of hydrogen-bond acceptors (Lipinski definition) is 4. The lowest BCUT2D eigenvalue weighted by Crippen LogP contribution is -2.45. The van der Waals surface area contributed by atoms with Crippen molar-refractivity contribution in [3.8, 4) is 5.75 Å². The van der Waals surface area contributed by atoms with E-state index in [9.17, 15) is 14.7 Å². The van der Waals surface area contributed by atoms with Crippen molar-refractivity contribution in [2.24, 2.45) is 0 Å². The summed E-state index contributed by atoms with van der Waals surface area (Å²) in [4.78, 5) is 23.9. The minimum absolute atomic E-state index is 0.0687. The summed E-state index contributed by atoms with van der Waals surface area (Å²) < 4.78 is 5.17. The molecule has 1 atom stereocenters. The number of ether oxygens (including phenoxy) is 1. The lowest BCUT2D eigenvalue weighted by atomic mass is 9.95. The number of aromatic hydroxyl groups is 1. The Kier molecular flexibility index (Phi) is 4.47. The summed E-state index contributed by atoms with van der Waals surface area (Å²) in [7, 11) is 0. The van der Waals surface area contributed by atoms with Crippen molar-refractivity contribution in [2.45, 2.75) is 26.3 Å². The van der Waals surface area contributed by atoms with Gasteiger partial charge in [0.2, 0.25) is 0 Å². The molecule has 0 bridgehead atoms. The minimum atomic E-state index is -0.643. The van der Waals surface area contributed by atoms with Crippen LogP contribution < -0.4 is 10.6 Å². The largest absolute Gasteiger partial charge is 0.508 e. The molecule has 1 aliphatic rings. The summed E-state index contributed by atoms with van der Waals surface area (Å²) in [6.07, 6.45) is 0.717. The van der Waals surface area contributed by atoms with Crippen LogP contribution in [0.1, 0.15) is 31.9 Å². The Morgan fingerprint density at radius 3 is 2.86 bits per heavy atom. The summed E-state index contributed by atoms with van der Waals surface area (Å²) in [5, 5.41) is 14.8. The summed E-state index contributed by atoms with van der Waals surface area (Å²) in [6, 6.07) is 5.39. The highest BCUT2D eigenvalue weighted by Crippen LogP contribution is 2.29. The molecule has 2 rings (SSSR count). The van der Waals surface area contributed by atoms with E-state index in [1.807, 2.05) is 6.92 Å². The first-order chi connectivity index (χ1) is 10.0. The monoisotopic (exact) mass is 290 g/mol. The second kappa shape index (κ2) is 6.30. The highest BCUT2D eigenvalue weighted by atomic mass is 16.5. The number of amides is 2. The standard InChI is InChI=1S/C15H18N2O4/c1-3-7-21-14(19)12-9(2)16-15(20)17-13(12)10-5-4-6-11(18)8-10/h4-6,8,13,18H,3,7H2,1-2H3,(H2,16,17,20). The summed E-state index contributed by atoms with van der Waals surface area (Å²) in [5.41, 5.74) is 1.41. The Morgan fingerprint density at radius 1 is 1.43 bits per heavy atom. The van der Waals surface area contributed by atoms with Crippen molar-refractivity contribution < 1.29 is 19.4 Å². The number of allylic oxidation sites excluding steroid dienone is 1. The number of carbonyl (C=O) groups is 2. The van der Waals surface area contributed by atoms with Crippen molar-refractivity contribution in [2.75, 3.05) is 6.61 Å². The van der Waals surface area contributed by atoms with Crippen molar-refractivity contribution in [3.63, 3.8) is 0 Å². The quantitative estimate of drug-likeness (QED) is 0.740. The third kappa shape index (κ3) is 3.34. The smallest absolute Gasteiger partial charge is 0.338 e. The Labute approximate surface area is 122 Å². The van der Waals surface area contributed by atoms with Crippen LogP contribution in [-0.4, -0.2) is 23.7 Å². The van der Waals surface area contributed by atoms with E-state index >= 15 is 0 Å². The number of hydrogen-bond donors (Lipinski definition) is 3. The molecule has 6 nitrogen and oxygen atoms in total. The van der Waals surface area contributed by atoms with Gasteiger partial charge in [0, 0.05) is 5.70 Å². The van der Waals surface area contributed by atoms with Gasteiger partial charge in [-0.25, -0.2) is 9.59 Å². The van der Waals surface area contributed by atoms with Gasteiger partial charge in [0.25, 0.3) is 0 Å². The molecule has 0 fully saturated rings. The fraction of sp³-hybridized carbons (Fsp3) is 0.333. The van der Waals surface area contributed by atoms with Crippen molar-refractivity contribution in [1.82, 2.24) is 10.6 Å². The predicted molar refractivity (Wildman–Crippen MR) is 76.5 cm³/mol. The highest BCUT2D eigenvalue weighted by Gasteiger charge is 2.32. The van der Waals surface area contributed by atoms with Crippen molar-refractivity contribution in [3.05, 3.63) is 41.1 Å². The van der Waals surface area contributed by atoms with Gasteiger partial charge in [-0.3, -0.25) is 0 Å². The maximum absolute atomic E-state index is 12.2. The predicted octanol–water partition coefficient (Wildman–Crippen LogP) is 1.97. The van der Waals surface area contributed by atoms with E-state index in [2.05, 4.69) is 10.6 Å². The van der Waals surface area contributed by atoms with Crippen LogP contribution in [0.5, 0.6) is 5.75 Å². The van der Waals surface area contributed by atoms with Crippen LogP contribution in [0.2, 0.25) is 0 Å². The average Bonchev–Trinajstić information content (AvgIpc) is 2.44. The number of benzene rings is 1. The number of phenols is 1. The van der Waals surface area contributed by atoms with Gasteiger partial charge in [0.05, 0.1) is 18.2 Å². The van der Waals surface area contributed by atoms with E-state index in [0.29, 0.717) is 29.9 Å². The fourth-order valence-corrected chi connectivity index (χ4v) is 2.19. The van der Waals surface area contributed by atoms with E-state index < -0.39 is 18.0 Å². The highest BCUT2D eigenvalue weighted by molar-refractivity contribution is 5.95. The molecule has 0 saturated carbocycles. The molecule has 6 heteroatoms. The molecule has 1 aromatic carbocycles. The molecule has 0 aromatic heterocycles. The van der Waals surface area contributed by atoms with Crippen LogP contribution in [0.4, 0.5) is 4.79 Å². The van der Waals surface area contributed by atoms with E-state index in [1.165, 1.54) is 12.1 Å².